The molecular formula is C14H23NO3. The van der Waals surface area contributed by atoms with Crippen molar-refractivity contribution in [2.75, 3.05) is 0 Å². The van der Waals surface area contributed by atoms with E-state index in [1.807, 2.05) is 20.8 Å². The molecule has 1 saturated heterocycles. The van der Waals surface area contributed by atoms with Crippen LogP contribution in [0.15, 0.2) is 0 Å². The highest BCUT2D eigenvalue weighted by Gasteiger charge is 2.49. The van der Waals surface area contributed by atoms with Crippen molar-refractivity contribution in [3.05, 3.63) is 0 Å². The number of likely N-dealkylation sites (tertiary alicyclic amines) is 1. The van der Waals surface area contributed by atoms with Crippen molar-refractivity contribution < 1.29 is 14.7 Å². The number of amides is 1. The number of aliphatic carboxylic acids is 1. The molecule has 0 aromatic carbocycles. The van der Waals surface area contributed by atoms with E-state index in [0.29, 0.717) is 12.3 Å². The summed E-state index contributed by atoms with van der Waals surface area (Å²) in [5, 5.41) is 9.35. The minimum Gasteiger partial charge on any atom is -0.480 e. The normalized spacial score (nSPS) is 32.2. The van der Waals surface area contributed by atoms with E-state index in [2.05, 4.69) is 0 Å². The van der Waals surface area contributed by atoms with Gasteiger partial charge in [0, 0.05) is 11.5 Å². The van der Waals surface area contributed by atoms with Crippen molar-refractivity contribution in [1.29, 1.82) is 0 Å². The summed E-state index contributed by atoms with van der Waals surface area (Å²) in [5.74, 6) is -0.461. The van der Waals surface area contributed by atoms with Gasteiger partial charge in [0.05, 0.1) is 0 Å². The maximum atomic E-state index is 12.5. The van der Waals surface area contributed by atoms with Gasteiger partial charge in [0.15, 0.2) is 0 Å². The van der Waals surface area contributed by atoms with Crippen LogP contribution in [0.25, 0.3) is 0 Å². The molecule has 1 aliphatic heterocycles. The second-order valence-electron chi connectivity index (χ2n) is 6.66. The van der Waals surface area contributed by atoms with Crippen LogP contribution in [0.3, 0.4) is 0 Å². The zero-order chi connectivity index (χ0) is 13.5. The molecule has 0 spiro atoms. The van der Waals surface area contributed by atoms with Crippen molar-refractivity contribution >= 4 is 11.9 Å². The Labute approximate surface area is 108 Å². The molecule has 1 saturated carbocycles. The molecule has 2 fully saturated rings. The first-order valence-corrected chi connectivity index (χ1v) is 6.88. The molecule has 3 unspecified atom stereocenters. The van der Waals surface area contributed by atoms with Gasteiger partial charge in [0.25, 0.3) is 0 Å². The largest absolute Gasteiger partial charge is 0.480 e. The fourth-order valence-electron chi connectivity index (χ4n) is 3.36. The summed E-state index contributed by atoms with van der Waals surface area (Å²) in [7, 11) is 0. The molecule has 1 heterocycles. The quantitative estimate of drug-likeness (QED) is 0.780. The summed E-state index contributed by atoms with van der Waals surface area (Å²) < 4.78 is 0. The summed E-state index contributed by atoms with van der Waals surface area (Å²) in [6.07, 6.45) is 4.97. The van der Waals surface area contributed by atoms with Crippen molar-refractivity contribution in [2.24, 2.45) is 11.3 Å². The van der Waals surface area contributed by atoms with Crippen LogP contribution in [-0.4, -0.2) is 34.0 Å². The number of carbonyl (C=O) groups is 2. The molecule has 2 rings (SSSR count). The molecule has 4 heteroatoms. The Morgan fingerprint density at radius 2 is 1.78 bits per heavy atom. The zero-order valence-electron chi connectivity index (χ0n) is 11.5. The van der Waals surface area contributed by atoms with Crippen molar-refractivity contribution in [3.63, 3.8) is 0 Å². The van der Waals surface area contributed by atoms with Crippen molar-refractivity contribution in [2.45, 2.75) is 65.0 Å². The number of nitrogens with zero attached hydrogens (tertiary/aromatic N) is 1. The second kappa shape index (κ2) is 4.56. The van der Waals surface area contributed by atoms with Crippen LogP contribution in [0, 0.1) is 11.3 Å². The Bertz CT molecular complexity index is 359. The van der Waals surface area contributed by atoms with Gasteiger partial charge in [-0.05, 0) is 25.2 Å². The number of carboxylic acids is 1. The Kier molecular flexibility index (Phi) is 3.39. The number of carboxylic acid groups (broad SMARTS) is 1. The van der Waals surface area contributed by atoms with Crippen LogP contribution in [0.4, 0.5) is 0 Å². The minimum atomic E-state index is -0.845. The molecule has 1 aliphatic carbocycles. The molecule has 0 bridgehead atoms. The Morgan fingerprint density at radius 1 is 1.17 bits per heavy atom. The van der Waals surface area contributed by atoms with Crippen LogP contribution < -0.4 is 0 Å². The van der Waals surface area contributed by atoms with Crippen LogP contribution in [-0.2, 0) is 9.59 Å². The molecule has 0 aromatic heterocycles. The van der Waals surface area contributed by atoms with E-state index in [1.54, 1.807) is 4.90 Å². The van der Waals surface area contributed by atoms with E-state index in [9.17, 15) is 14.7 Å². The van der Waals surface area contributed by atoms with Gasteiger partial charge in [-0.3, -0.25) is 4.79 Å². The summed E-state index contributed by atoms with van der Waals surface area (Å²) >= 11 is 0. The minimum absolute atomic E-state index is 0.00991. The standard InChI is InChI=1S/C14H23NO3/c1-14(2,3)13(18)15-10-7-5-4-6-9(10)8-11(15)12(16)17/h9-11H,4-8H2,1-3H3,(H,16,17). The van der Waals surface area contributed by atoms with Crippen molar-refractivity contribution in [1.82, 2.24) is 4.90 Å². The molecule has 18 heavy (non-hydrogen) atoms. The van der Waals surface area contributed by atoms with Gasteiger partial charge in [-0.15, -0.1) is 0 Å². The SMILES string of the molecule is CC(C)(C)C(=O)N1C(C(=O)O)CC2CCCCC21. The third-order valence-corrected chi connectivity index (χ3v) is 4.25. The van der Waals surface area contributed by atoms with Gasteiger partial charge in [0.1, 0.15) is 6.04 Å². The summed E-state index contributed by atoms with van der Waals surface area (Å²) in [4.78, 5) is 25.6. The van der Waals surface area contributed by atoms with Gasteiger partial charge in [-0.1, -0.05) is 33.6 Å². The smallest absolute Gasteiger partial charge is 0.326 e. The van der Waals surface area contributed by atoms with Gasteiger partial charge < -0.3 is 10.0 Å². The van der Waals surface area contributed by atoms with E-state index >= 15 is 0 Å². The number of hydrogen-bond acceptors (Lipinski definition) is 2. The Balaban J connectivity index is 2.27. The highest BCUT2D eigenvalue weighted by molar-refractivity contribution is 5.87. The monoisotopic (exact) mass is 253 g/mol. The second-order valence-corrected chi connectivity index (χ2v) is 6.66. The lowest BCUT2D eigenvalue weighted by Crippen LogP contribution is -2.50. The van der Waals surface area contributed by atoms with Crippen LogP contribution >= 0.6 is 0 Å². The zero-order valence-corrected chi connectivity index (χ0v) is 11.5. The van der Waals surface area contributed by atoms with Crippen LogP contribution in [0.5, 0.6) is 0 Å². The maximum absolute atomic E-state index is 12.5. The number of fused-ring (bicyclic) bond motifs is 1. The molecule has 0 radical (unpaired) electrons. The average Bonchev–Trinajstić information content (AvgIpc) is 2.65. The van der Waals surface area contributed by atoms with E-state index in [4.69, 9.17) is 0 Å². The van der Waals surface area contributed by atoms with Gasteiger partial charge in [0.2, 0.25) is 5.91 Å². The van der Waals surface area contributed by atoms with Crippen LogP contribution in [0.2, 0.25) is 0 Å². The molecule has 3 atom stereocenters. The Morgan fingerprint density at radius 3 is 2.33 bits per heavy atom. The summed E-state index contributed by atoms with van der Waals surface area (Å²) in [5.41, 5.74) is -0.500. The predicted octanol–water partition coefficient (Wildman–Crippen LogP) is 2.28. The van der Waals surface area contributed by atoms with Crippen LogP contribution in [0.1, 0.15) is 52.9 Å². The lowest BCUT2D eigenvalue weighted by Gasteiger charge is -2.36. The Hall–Kier alpha value is -1.06. The molecule has 2 aliphatic rings. The summed E-state index contributed by atoms with van der Waals surface area (Å²) in [6, 6.07) is -0.448. The molecule has 1 amide bonds. The number of carbonyl (C=O) groups excluding carboxylic acids is 1. The molecule has 1 N–H and O–H groups in total. The first-order valence-electron chi connectivity index (χ1n) is 6.88. The topological polar surface area (TPSA) is 57.6 Å². The molecule has 102 valence electrons. The van der Waals surface area contributed by atoms with E-state index in [1.165, 1.54) is 6.42 Å². The summed E-state index contributed by atoms with van der Waals surface area (Å²) in [6.45, 7) is 5.60. The third kappa shape index (κ3) is 2.25. The molecule has 4 nitrogen and oxygen atoms in total. The van der Waals surface area contributed by atoms with E-state index in [0.717, 1.165) is 19.3 Å². The van der Waals surface area contributed by atoms with Crippen molar-refractivity contribution in [3.8, 4) is 0 Å². The van der Waals surface area contributed by atoms with E-state index < -0.39 is 17.4 Å². The maximum Gasteiger partial charge on any atom is 0.326 e. The van der Waals surface area contributed by atoms with Gasteiger partial charge >= 0.3 is 5.97 Å². The number of hydrogen-bond donors (Lipinski definition) is 1. The first kappa shape index (κ1) is 13.4. The number of rotatable bonds is 1. The van der Waals surface area contributed by atoms with Gasteiger partial charge in [-0.25, -0.2) is 4.79 Å². The fraction of sp³-hybridized carbons (Fsp3) is 0.857. The molecular weight excluding hydrogens is 230 g/mol. The molecule has 0 aromatic rings. The highest BCUT2D eigenvalue weighted by Crippen LogP contribution is 2.41. The lowest BCUT2D eigenvalue weighted by molar-refractivity contribution is -0.153. The first-order chi connectivity index (χ1) is 8.32. The average molecular weight is 253 g/mol. The van der Waals surface area contributed by atoms with Gasteiger partial charge in [-0.2, -0.15) is 0 Å². The lowest BCUT2D eigenvalue weighted by atomic mass is 9.84. The highest BCUT2D eigenvalue weighted by atomic mass is 16.4. The predicted molar refractivity (Wildman–Crippen MR) is 68.1 cm³/mol. The van der Waals surface area contributed by atoms with E-state index in [-0.39, 0.29) is 11.9 Å². The third-order valence-electron chi connectivity index (χ3n) is 4.25. The fourth-order valence-corrected chi connectivity index (χ4v) is 3.36.